The number of rotatable bonds is 11. The Morgan fingerprint density at radius 2 is 1.79 bits per heavy atom. The van der Waals surface area contributed by atoms with Gasteiger partial charge < -0.3 is 30.7 Å². The first-order chi connectivity index (χ1) is 16.1. The normalized spacial score (nSPS) is 12.9. The van der Waals surface area contributed by atoms with Crippen molar-refractivity contribution >= 4 is 39.0 Å². The summed E-state index contributed by atoms with van der Waals surface area (Å²) in [7, 11) is -9.44. The highest BCUT2D eigenvalue weighted by molar-refractivity contribution is 7.92. The van der Waals surface area contributed by atoms with Crippen LogP contribution in [0.5, 0.6) is 11.5 Å². The number of fused-ring (bicyclic) bond motifs is 1. The fourth-order valence-corrected chi connectivity index (χ4v) is 6.81. The van der Waals surface area contributed by atoms with Crippen LogP contribution in [0.1, 0.15) is 17.2 Å². The molecule has 0 radical (unpaired) electrons. The lowest BCUT2D eigenvalue weighted by Gasteiger charge is -2.19. The Morgan fingerprint density at radius 3 is 2.38 bits per heavy atom. The smallest absolute Gasteiger partial charge is 0.349 e. The molecule has 3 rings (SSSR count). The molecule has 3 aromatic rings. The van der Waals surface area contributed by atoms with Crippen LogP contribution in [0.3, 0.4) is 0 Å². The first kappa shape index (κ1) is 26.0. The van der Waals surface area contributed by atoms with Gasteiger partial charge in [-0.1, -0.05) is 6.07 Å². The number of sulfonamides is 1. The molecule has 7 N–H and O–H groups in total. The van der Waals surface area contributed by atoms with Gasteiger partial charge in [0, 0.05) is 23.9 Å². The summed E-state index contributed by atoms with van der Waals surface area (Å²) in [6, 6.07) is 10.2. The number of hydrogen-bond acceptors (Lipinski definition) is 10. The van der Waals surface area contributed by atoms with E-state index in [0.717, 1.165) is 11.3 Å². The largest absolute Gasteiger partial charge is 0.488 e. The van der Waals surface area contributed by atoms with Crippen LogP contribution in [0, 0.1) is 11.3 Å². The molecule has 0 aliphatic carbocycles. The molecule has 12 nitrogen and oxygen atoms in total. The van der Waals surface area contributed by atoms with Gasteiger partial charge in [0.25, 0.3) is 10.0 Å². The number of nitrogens with zero attached hydrogens (tertiary/aromatic N) is 2. The Morgan fingerprint density at radius 1 is 1.15 bits per heavy atom. The number of thiophene rings is 1. The molecule has 15 heteroatoms. The molecule has 0 aliphatic heterocycles. The van der Waals surface area contributed by atoms with Gasteiger partial charge in [-0.2, -0.15) is 9.98 Å². The molecule has 0 fully saturated rings. The number of pyridine rings is 1. The quantitative estimate of drug-likeness (QED) is 0.222. The van der Waals surface area contributed by atoms with E-state index in [4.69, 9.17) is 26.2 Å². The van der Waals surface area contributed by atoms with Crippen molar-refractivity contribution in [2.24, 2.45) is 11.5 Å². The molecule has 0 bridgehead atoms. The van der Waals surface area contributed by atoms with Crippen LogP contribution in [0.15, 0.2) is 40.6 Å². The third-order valence-corrected chi connectivity index (χ3v) is 8.58. The molecule has 0 amide bonds. The van der Waals surface area contributed by atoms with Gasteiger partial charge in [-0.25, -0.2) is 13.4 Å². The number of nitrogens with one attached hydrogen (secondary N) is 1. The number of benzene rings is 1. The number of ether oxygens (including phenoxy) is 2. The van der Waals surface area contributed by atoms with Crippen molar-refractivity contribution in [1.82, 2.24) is 9.71 Å². The summed E-state index contributed by atoms with van der Waals surface area (Å²) in [5, 5.41) is 9.52. The molecule has 2 aromatic heterocycles. The lowest BCUT2D eigenvalue weighted by Crippen LogP contribution is -2.29. The van der Waals surface area contributed by atoms with Crippen molar-refractivity contribution in [2.75, 3.05) is 26.3 Å². The zero-order chi connectivity index (χ0) is 24.9. The SMILES string of the molecule is N#Cc1cccc(C(NS(=O)(=O)c2cc3cc(OCCN)c(OCCN)cc3s2)P(=O)(O)O)n1. The fourth-order valence-electron chi connectivity index (χ4n) is 2.89. The summed E-state index contributed by atoms with van der Waals surface area (Å²) >= 11 is 0.872. The topological polar surface area (TPSA) is 211 Å². The van der Waals surface area contributed by atoms with Crippen molar-refractivity contribution < 1.29 is 32.2 Å². The van der Waals surface area contributed by atoms with Gasteiger partial charge in [-0.3, -0.25) is 4.57 Å². The molecule has 0 saturated carbocycles. The monoisotopic (exact) mass is 527 g/mol. The van der Waals surface area contributed by atoms with Crippen molar-refractivity contribution in [3.05, 3.63) is 47.8 Å². The number of nitriles is 1. The average molecular weight is 528 g/mol. The summed E-state index contributed by atoms with van der Waals surface area (Å²) in [6.45, 7) is 0.931. The maximum Gasteiger partial charge on any atom is 0.349 e. The Kier molecular flexibility index (Phi) is 8.24. The Hall–Kier alpha value is -2.60. The van der Waals surface area contributed by atoms with Crippen molar-refractivity contribution in [1.29, 1.82) is 5.26 Å². The molecule has 2 heterocycles. The Labute approximate surface area is 199 Å². The number of nitrogens with two attached hydrogens (primary N) is 2. The minimum atomic E-state index is -5.04. The first-order valence-corrected chi connectivity index (χ1v) is 13.7. The molecular weight excluding hydrogens is 505 g/mol. The van der Waals surface area contributed by atoms with Gasteiger partial charge in [-0.05, 0) is 29.7 Å². The van der Waals surface area contributed by atoms with Gasteiger partial charge in [-0.15, -0.1) is 11.3 Å². The minimum Gasteiger partial charge on any atom is -0.488 e. The molecule has 0 spiro atoms. The summed E-state index contributed by atoms with van der Waals surface area (Å²) in [6.07, 6.45) is 0. The Balaban J connectivity index is 2.01. The van der Waals surface area contributed by atoms with Gasteiger partial charge in [0.1, 0.15) is 29.2 Å². The van der Waals surface area contributed by atoms with Gasteiger partial charge in [0.15, 0.2) is 17.3 Å². The number of aromatic nitrogens is 1. The van der Waals surface area contributed by atoms with Crippen molar-refractivity contribution in [2.45, 2.75) is 9.99 Å². The average Bonchev–Trinajstić information content (AvgIpc) is 3.22. The van der Waals surface area contributed by atoms with Gasteiger partial charge in [0.2, 0.25) is 0 Å². The highest BCUT2D eigenvalue weighted by Gasteiger charge is 2.36. The van der Waals surface area contributed by atoms with Crippen LogP contribution in [0.25, 0.3) is 10.1 Å². The van der Waals surface area contributed by atoms with Gasteiger partial charge >= 0.3 is 7.60 Å². The van der Waals surface area contributed by atoms with E-state index >= 15 is 0 Å². The predicted octanol–water partition coefficient (Wildman–Crippen LogP) is 0.998. The zero-order valence-corrected chi connectivity index (χ0v) is 20.1. The lowest BCUT2D eigenvalue weighted by atomic mass is 10.2. The first-order valence-electron chi connectivity index (χ1n) is 9.77. The lowest BCUT2D eigenvalue weighted by molar-refractivity contribution is 0.278. The molecular formula is C19H22N5O7PS2. The van der Waals surface area contributed by atoms with Crippen LogP contribution in [0.4, 0.5) is 0 Å². The second kappa shape index (κ2) is 10.8. The second-order valence-electron chi connectivity index (χ2n) is 6.85. The van der Waals surface area contributed by atoms with Crippen LogP contribution >= 0.6 is 18.9 Å². The summed E-state index contributed by atoms with van der Waals surface area (Å²) < 4.78 is 51.8. The maximum absolute atomic E-state index is 13.1. The van der Waals surface area contributed by atoms with E-state index in [2.05, 4.69) is 4.98 Å². The van der Waals surface area contributed by atoms with E-state index in [1.807, 2.05) is 4.72 Å². The highest BCUT2D eigenvalue weighted by Crippen LogP contribution is 2.50. The van der Waals surface area contributed by atoms with Crippen LogP contribution in [-0.4, -0.2) is 49.5 Å². The second-order valence-corrected chi connectivity index (χ2v) is 11.6. The van der Waals surface area contributed by atoms with Gasteiger partial charge in [0.05, 0.1) is 5.69 Å². The van der Waals surface area contributed by atoms with E-state index in [1.54, 1.807) is 18.2 Å². The molecule has 0 saturated heterocycles. The summed E-state index contributed by atoms with van der Waals surface area (Å²) in [4.78, 5) is 23.4. The van der Waals surface area contributed by atoms with E-state index in [1.165, 1.54) is 24.3 Å². The highest BCUT2D eigenvalue weighted by atomic mass is 32.2. The van der Waals surface area contributed by atoms with Crippen LogP contribution in [-0.2, 0) is 14.6 Å². The standard InChI is InChI=1S/C19H22N5O7PS2/c20-4-6-30-15-8-12-9-18(33-17(12)10-16(15)31-7-5-21)34(28,29)24-19(32(25,26)27)14-3-1-2-13(11-22)23-14/h1-3,8-10,19,24H,4-7,20-21H2,(H2,25,26,27). The number of hydrogen-bond donors (Lipinski definition) is 5. The van der Waals surface area contributed by atoms with Crippen LogP contribution in [0.2, 0.25) is 0 Å². The fraction of sp³-hybridized carbons (Fsp3) is 0.263. The molecule has 0 aliphatic rings. The van der Waals surface area contributed by atoms with E-state index in [0.29, 0.717) is 21.6 Å². The zero-order valence-electron chi connectivity index (χ0n) is 17.6. The molecule has 1 unspecified atom stereocenters. The summed E-state index contributed by atoms with van der Waals surface area (Å²) in [5.41, 5.74) is 10.6. The molecule has 1 atom stereocenters. The third-order valence-electron chi connectivity index (χ3n) is 4.34. The van der Waals surface area contributed by atoms with E-state index in [9.17, 15) is 22.8 Å². The molecule has 1 aromatic carbocycles. The third kappa shape index (κ3) is 6.09. The van der Waals surface area contributed by atoms with Crippen molar-refractivity contribution in [3.8, 4) is 17.6 Å². The molecule has 182 valence electrons. The predicted molar refractivity (Wildman–Crippen MR) is 125 cm³/mol. The van der Waals surface area contributed by atoms with Crippen LogP contribution < -0.4 is 25.7 Å². The van der Waals surface area contributed by atoms with E-state index < -0.39 is 23.4 Å². The molecule has 34 heavy (non-hydrogen) atoms. The van der Waals surface area contributed by atoms with E-state index in [-0.39, 0.29) is 41.9 Å². The minimum absolute atomic E-state index is 0.118. The maximum atomic E-state index is 13.1. The van der Waals surface area contributed by atoms with Crippen molar-refractivity contribution in [3.63, 3.8) is 0 Å². The Bertz CT molecular complexity index is 1320. The summed E-state index contributed by atoms with van der Waals surface area (Å²) in [5.74, 6) is -1.27.